The molecule has 1 aliphatic heterocycles. The molecule has 1 aliphatic rings. The van der Waals surface area contributed by atoms with Crippen LogP contribution in [0.15, 0.2) is 6.07 Å². The summed E-state index contributed by atoms with van der Waals surface area (Å²) in [6, 6.07) is 2.19. The van der Waals surface area contributed by atoms with Gasteiger partial charge in [-0.15, -0.1) is 0 Å². The van der Waals surface area contributed by atoms with E-state index in [9.17, 15) is 4.79 Å². The van der Waals surface area contributed by atoms with Crippen molar-refractivity contribution >= 4 is 5.91 Å². The molecule has 6 nitrogen and oxygen atoms in total. The van der Waals surface area contributed by atoms with Gasteiger partial charge in [0.15, 0.2) is 0 Å². The highest BCUT2D eigenvalue weighted by molar-refractivity contribution is 5.73. The van der Waals surface area contributed by atoms with Crippen LogP contribution in [-0.4, -0.2) is 47.6 Å². The van der Waals surface area contributed by atoms with Gasteiger partial charge in [-0.25, -0.2) is 9.97 Å². The van der Waals surface area contributed by atoms with Crippen LogP contribution in [0.3, 0.4) is 0 Å². The molecule has 1 fully saturated rings. The first-order valence-electron chi connectivity index (χ1n) is 7.96. The largest absolute Gasteiger partial charge is 0.383 e. The molecule has 1 atom stereocenters. The number of piperidine rings is 1. The summed E-state index contributed by atoms with van der Waals surface area (Å²) in [6.07, 6.45) is 4.38. The fourth-order valence-electron chi connectivity index (χ4n) is 2.95. The monoisotopic (exact) mass is 306 g/mol. The van der Waals surface area contributed by atoms with E-state index in [1.165, 1.54) is 12.8 Å². The molecule has 2 rings (SSSR count). The maximum atomic E-state index is 11.0. The molecule has 0 radical (unpaired) electrons. The molecule has 1 unspecified atom stereocenters. The lowest BCUT2D eigenvalue weighted by molar-refractivity contribution is -0.118. The highest BCUT2D eigenvalue weighted by atomic mass is 16.5. The van der Waals surface area contributed by atoms with Crippen molar-refractivity contribution in [3.8, 4) is 0 Å². The number of carbonyl (C=O) groups is 1. The fraction of sp³-hybridized carbons (Fsp3) is 0.688. The van der Waals surface area contributed by atoms with Crippen LogP contribution in [0.2, 0.25) is 0 Å². The Hall–Kier alpha value is -1.53. The van der Waals surface area contributed by atoms with Gasteiger partial charge in [-0.2, -0.15) is 0 Å². The van der Waals surface area contributed by atoms with E-state index in [2.05, 4.69) is 14.9 Å². The molecule has 1 aromatic rings. The molecular formula is C16H26N4O2. The fourth-order valence-corrected chi connectivity index (χ4v) is 2.95. The topological polar surface area (TPSA) is 81.3 Å². The zero-order valence-electron chi connectivity index (χ0n) is 13.5. The molecular weight excluding hydrogens is 280 g/mol. The molecule has 1 aromatic heterocycles. The smallest absolute Gasteiger partial charge is 0.217 e. The van der Waals surface area contributed by atoms with Crippen LogP contribution >= 0.6 is 0 Å². The van der Waals surface area contributed by atoms with Gasteiger partial charge >= 0.3 is 0 Å². The molecule has 1 amide bonds. The number of ether oxygens (including phenoxy) is 1. The molecule has 0 spiro atoms. The van der Waals surface area contributed by atoms with Gasteiger partial charge in [0.1, 0.15) is 5.82 Å². The average Bonchev–Trinajstić information content (AvgIpc) is 2.50. The minimum absolute atomic E-state index is 0.246. The molecule has 2 N–H and O–H groups in total. The molecule has 0 aliphatic carbocycles. The Balaban J connectivity index is 2.15. The third-order valence-corrected chi connectivity index (χ3v) is 4.05. The number of hydrogen-bond acceptors (Lipinski definition) is 5. The first-order valence-corrected chi connectivity index (χ1v) is 7.96. The Morgan fingerprint density at radius 1 is 1.45 bits per heavy atom. The Bertz CT molecular complexity index is 507. The van der Waals surface area contributed by atoms with Crippen molar-refractivity contribution < 1.29 is 9.53 Å². The van der Waals surface area contributed by atoms with E-state index in [0.29, 0.717) is 12.8 Å². The first kappa shape index (κ1) is 16.8. The van der Waals surface area contributed by atoms with Crippen LogP contribution in [0.5, 0.6) is 0 Å². The summed E-state index contributed by atoms with van der Waals surface area (Å²) >= 11 is 0. The SMILES string of the molecule is COCCN1CCCCC1c1nc(C)cc(CCC(N)=O)n1. The highest BCUT2D eigenvalue weighted by Crippen LogP contribution is 2.28. The summed E-state index contributed by atoms with van der Waals surface area (Å²) in [4.78, 5) is 22.7. The Morgan fingerprint density at radius 3 is 3.00 bits per heavy atom. The van der Waals surface area contributed by atoms with Crippen molar-refractivity contribution in [2.45, 2.75) is 45.1 Å². The molecule has 122 valence electrons. The van der Waals surface area contributed by atoms with E-state index in [1.807, 2.05) is 13.0 Å². The standard InChI is InChI=1S/C16H26N4O2/c1-12-11-13(6-7-15(17)21)19-16(18-12)14-5-3-4-8-20(14)9-10-22-2/h11,14H,3-10H2,1-2H3,(H2,17,21). The number of methoxy groups -OCH3 is 1. The number of carbonyl (C=O) groups excluding carboxylic acids is 1. The second-order valence-electron chi connectivity index (χ2n) is 5.87. The maximum Gasteiger partial charge on any atom is 0.217 e. The lowest BCUT2D eigenvalue weighted by Crippen LogP contribution is -2.37. The number of hydrogen-bond donors (Lipinski definition) is 1. The van der Waals surface area contributed by atoms with Crippen molar-refractivity contribution in [1.82, 2.24) is 14.9 Å². The summed E-state index contributed by atoms with van der Waals surface area (Å²) < 4.78 is 5.21. The van der Waals surface area contributed by atoms with Crippen LogP contribution in [0.1, 0.15) is 48.9 Å². The van der Waals surface area contributed by atoms with E-state index >= 15 is 0 Å². The number of nitrogens with zero attached hydrogens (tertiary/aromatic N) is 3. The van der Waals surface area contributed by atoms with Crippen LogP contribution < -0.4 is 5.73 Å². The van der Waals surface area contributed by atoms with Crippen molar-refractivity contribution in [2.75, 3.05) is 26.8 Å². The molecule has 2 heterocycles. The van der Waals surface area contributed by atoms with E-state index in [0.717, 1.165) is 43.3 Å². The van der Waals surface area contributed by atoms with Crippen molar-refractivity contribution in [2.24, 2.45) is 5.73 Å². The number of likely N-dealkylation sites (tertiary alicyclic amines) is 1. The second-order valence-corrected chi connectivity index (χ2v) is 5.87. The van der Waals surface area contributed by atoms with E-state index in [4.69, 9.17) is 10.5 Å². The van der Waals surface area contributed by atoms with Crippen LogP contribution in [0.25, 0.3) is 0 Å². The average molecular weight is 306 g/mol. The third kappa shape index (κ3) is 4.74. The lowest BCUT2D eigenvalue weighted by Gasteiger charge is -2.34. The van der Waals surface area contributed by atoms with Gasteiger partial charge in [0.2, 0.25) is 5.91 Å². The Morgan fingerprint density at radius 2 is 2.27 bits per heavy atom. The molecule has 0 bridgehead atoms. The molecule has 22 heavy (non-hydrogen) atoms. The minimum atomic E-state index is -0.294. The summed E-state index contributed by atoms with van der Waals surface area (Å²) in [5.74, 6) is 0.576. The molecule has 6 heteroatoms. The zero-order valence-corrected chi connectivity index (χ0v) is 13.5. The molecule has 1 saturated heterocycles. The van der Waals surface area contributed by atoms with Crippen LogP contribution in [-0.2, 0) is 16.0 Å². The number of primary amides is 1. The van der Waals surface area contributed by atoms with Crippen molar-refractivity contribution in [3.63, 3.8) is 0 Å². The zero-order chi connectivity index (χ0) is 15.9. The predicted octanol–water partition coefficient (Wildman–Crippen LogP) is 1.38. The molecule has 0 aromatic carbocycles. The Kier molecular flexibility index (Phi) is 6.27. The van der Waals surface area contributed by atoms with Crippen molar-refractivity contribution in [1.29, 1.82) is 0 Å². The summed E-state index contributed by atoms with van der Waals surface area (Å²) in [6.45, 7) is 4.65. The maximum absolute atomic E-state index is 11.0. The number of aryl methyl sites for hydroxylation is 2. The van der Waals surface area contributed by atoms with Crippen molar-refractivity contribution in [3.05, 3.63) is 23.3 Å². The van der Waals surface area contributed by atoms with Crippen LogP contribution in [0.4, 0.5) is 0 Å². The highest BCUT2D eigenvalue weighted by Gasteiger charge is 2.26. The molecule has 0 saturated carbocycles. The summed E-state index contributed by atoms with van der Waals surface area (Å²) in [5, 5.41) is 0. The van der Waals surface area contributed by atoms with Gasteiger partial charge in [-0.05, 0) is 38.8 Å². The minimum Gasteiger partial charge on any atom is -0.383 e. The van der Waals surface area contributed by atoms with E-state index < -0.39 is 0 Å². The normalized spacial score (nSPS) is 19.3. The van der Waals surface area contributed by atoms with Gasteiger partial charge in [-0.3, -0.25) is 9.69 Å². The predicted molar refractivity (Wildman–Crippen MR) is 84.3 cm³/mol. The van der Waals surface area contributed by atoms with Crippen LogP contribution in [0, 0.1) is 6.92 Å². The summed E-state index contributed by atoms with van der Waals surface area (Å²) in [5.41, 5.74) is 7.08. The van der Waals surface area contributed by atoms with Gasteiger partial charge in [0.05, 0.1) is 12.6 Å². The number of rotatable bonds is 7. The first-order chi connectivity index (χ1) is 10.6. The van der Waals surface area contributed by atoms with Gasteiger partial charge in [0, 0.05) is 31.5 Å². The van der Waals surface area contributed by atoms with Gasteiger partial charge in [-0.1, -0.05) is 6.42 Å². The Labute approximate surface area is 132 Å². The van der Waals surface area contributed by atoms with E-state index in [1.54, 1.807) is 7.11 Å². The summed E-state index contributed by atoms with van der Waals surface area (Å²) in [7, 11) is 1.73. The van der Waals surface area contributed by atoms with Gasteiger partial charge in [0.25, 0.3) is 0 Å². The van der Waals surface area contributed by atoms with Gasteiger partial charge < -0.3 is 10.5 Å². The lowest BCUT2D eigenvalue weighted by atomic mass is 10.0. The van der Waals surface area contributed by atoms with E-state index in [-0.39, 0.29) is 11.9 Å². The third-order valence-electron chi connectivity index (χ3n) is 4.05. The second kappa shape index (κ2) is 8.19. The number of amides is 1. The number of nitrogens with two attached hydrogens (primary N) is 1. The quantitative estimate of drug-likeness (QED) is 0.823. The number of aromatic nitrogens is 2.